The number of aromatic nitrogens is 6. The Labute approximate surface area is 137 Å². The normalized spacial score (nSPS) is 11.3. The standard InChI is InChI=1S/C16H15N7O/c1-10-7-13-12(15(24)23(10)21(2)3)9-18-16-19-14(20-22(13)16)11-5-4-6-17-8-11/h4-9H,1-3H3. The molecule has 120 valence electrons. The molecule has 4 rings (SSSR count). The summed E-state index contributed by atoms with van der Waals surface area (Å²) in [5, 5.41) is 6.74. The van der Waals surface area contributed by atoms with Gasteiger partial charge in [-0.2, -0.15) is 9.50 Å². The maximum Gasteiger partial charge on any atom is 0.280 e. The minimum atomic E-state index is -0.136. The Kier molecular flexibility index (Phi) is 3.05. The van der Waals surface area contributed by atoms with Crippen molar-refractivity contribution in [2.75, 3.05) is 19.1 Å². The average Bonchev–Trinajstić information content (AvgIpc) is 3.00. The van der Waals surface area contributed by atoms with E-state index in [2.05, 4.69) is 20.1 Å². The largest absolute Gasteiger partial charge is 0.316 e. The molecule has 0 atom stereocenters. The fraction of sp³-hybridized carbons (Fsp3) is 0.188. The monoisotopic (exact) mass is 321 g/mol. The third-order valence-corrected chi connectivity index (χ3v) is 3.83. The molecule has 8 heteroatoms. The van der Waals surface area contributed by atoms with Crippen LogP contribution in [0.2, 0.25) is 0 Å². The molecule has 4 aromatic rings. The zero-order chi connectivity index (χ0) is 16.8. The summed E-state index contributed by atoms with van der Waals surface area (Å²) < 4.78 is 3.20. The molecule has 0 amide bonds. The van der Waals surface area contributed by atoms with Crippen molar-refractivity contribution < 1.29 is 0 Å². The van der Waals surface area contributed by atoms with Crippen LogP contribution in [0, 0.1) is 6.92 Å². The van der Waals surface area contributed by atoms with Crippen LogP contribution < -0.4 is 10.6 Å². The summed E-state index contributed by atoms with van der Waals surface area (Å²) in [6.07, 6.45) is 4.94. The van der Waals surface area contributed by atoms with Crippen molar-refractivity contribution in [3.8, 4) is 11.4 Å². The van der Waals surface area contributed by atoms with Gasteiger partial charge < -0.3 is 5.01 Å². The van der Waals surface area contributed by atoms with E-state index in [1.807, 2.05) is 39.2 Å². The highest BCUT2D eigenvalue weighted by Gasteiger charge is 2.14. The first-order valence-electron chi connectivity index (χ1n) is 7.42. The maximum absolute atomic E-state index is 12.7. The van der Waals surface area contributed by atoms with Gasteiger partial charge in [-0.3, -0.25) is 9.78 Å². The second-order valence-electron chi connectivity index (χ2n) is 5.70. The minimum Gasteiger partial charge on any atom is -0.316 e. The second-order valence-corrected chi connectivity index (χ2v) is 5.70. The van der Waals surface area contributed by atoms with Gasteiger partial charge in [0, 0.05) is 43.9 Å². The number of fused-ring (bicyclic) bond motifs is 3. The molecule has 0 N–H and O–H groups in total. The van der Waals surface area contributed by atoms with E-state index in [0.29, 0.717) is 22.5 Å². The fourth-order valence-electron chi connectivity index (χ4n) is 2.80. The van der Waals surface area contributed by atoms with E-state index < -0.39 is 0 Å². The molecular weight excluding hydrogens is 306 g/mol. The number of pyridine rings is 2. The molecule has 0 spiro atoms. The number of rotatable bonds is 2. The molecule has 0 radical (unpaired) electrons. The molecule has 4 aromatic heterocycles. The predicted molar refractivity (Wildman–Crippen MR) is 90.6 cm³/mol. The van der Waals surface area contributed by atoms with E-state index in [0.717, 1.165) is 11.3 Å². The smallest absolute Gasteiger partial charge is 0.280 e. The molecule has 4 heterocycles. The maximum atomic E-state index is 12.7. The number of hydrogen-bond acceptors (Lipinski definition) is 6. The summed E-state index contributed by atoms with van der Waals surface area (Å²) in [6, 6.07) is 5.62. The summed E-state index contributed by atoms with van der Waals surface area (Å²) in [5.41, 5.74) is 2.16. The quantitative estimate of drug-likeness (QED) is 0.548. The molecule has 0 saturated heterocycles. The van der Waals surface area contributed by atoms with Crippen LogP contribution in [-0.4, -0.2) is 43.3 Å². The highest BCUT2D eigenvalue weighted by Crippen LogP contribution is 2.17. The molecule has 0 aliphatic rings. The third-order valence-electron chi connectivity index (χ3n) is 3.83. The van der Waals surface area contributed by atoms with Crippen molar-refractivity contribution in [2.45, 2.75) is 6.92 Å². The highest BCUT2D eigenvalue weighted by molar-refractivity contribution is 5.79. The van der Waals surface area contributed by atoms with Crippen molar-refractivity contribution in [3.05, 3.63) is 52.8 Å². The predicted octanol–water partition coefficient (Wildman–Crippen LogP) is 1.01. The summed E-state index contributed by atoms with van der Waals surface area (Å²) in [6.45, 7) is 1.88. The summed E-state index contributed by atoms with van der Waals surface area (Å²) in [5.74, 6) is 0.972. The Morgan fingerprint density at radius 2 is 2.04 bits per heavy atom. The molecule has 0 saturated carbocycles. The lowest BCUT2D eigenvalue weighted by Crippen LogP contribution is -2.37. The van der Waals surface area contributed by atoms with E-state index in [-0.39, 0.29) is 5.56 Å². The van der Waals surface area contributed by atoms with Crippen LogP contribution in [-0.2, 0) is 0 Å². The van der Waals surface area contributed by atoms with Crippen molar-refractivity contribution in [3.63, 3.8) is 0 Å². The van der Waals surface area contributed by atoms with Gasteiger partial charge in [0.1, 0.15) is 0 Å². The number of aryl methyl sites for hydroxylation is 1. The van der Waals surface area contributed by atoms with Crippen LogP contribution in [0.3, 0.4) is 0 Å². The fourth-order valence-corrected chi connectivity index (χ4v) is 2.80. The zero-order valence-corrected chi connectivity index (χ0v) is 13.5. The zero-order valence-electron chi connectivity index (χ0n) is 13.5. The molecule has 0 aromatic carbocycles. The Bertz CT molecular complexity index is 1110. The van der Waals surface area contributed by atoms with E-state index in [4.69, 9.17) is 0 Å². The lowest BCUT2D eigenvalue weighted by Gasteiger charge is -2.19. The topological polar surface area (TPSA) is 81.2 Å². The van der Waals surface area contributed by atoms with E-state index in [1.165, 1.54) is 0 Å². The van der Waals surface area contributed by atoms with E-state index in [9.17, 15) is 4.79 Å². The average molecular weight is 321 g/mol. The van der Waals surface area contributed by atoms with Gasteiger partial charge in [-0.05, 0) is 25.1 Å². The molecule has 0 bridgehead atoms. The van der Waals surface area contributed by atoms with Gasteiger partial charge in [-0.1, -0.05) is 0 Å². The van der Waals surface area contributed by atoms with Gasteiger partial charge in [0.15, 0.2) is 5.82 Å². The number of hydrogen-bond donors (Lipinski definition) is 0. The van der Waals surface area contributed by atoms with Gasteiger partial charge in [0.25, 0.3) is 11.3 Å². The van der Waals surface area contributed by atoms with Gasteiger partial charge >= 0.3 is 0 Å². The molecule has 0 unspecified atom stereocenters. The third kappa shape index (κ3) is 2.03. The van der Waals surface area contributed by atoms with Crippen LogP contribution in [0.25, 0.3) is 28.1 Å². The van der Waals surface area contributed by atoms with Crippen LogP contribution >= 0.6 is 0 Å². The first-order chi connectivity index (χ1) is 11.6. The lowest BCUT2D eigenvalue weighted by molar-refractivity contribution is 0.682. The van der Waals surface area contributed by atoms with Gasteiger partial charge in [0.05, 0.1) is 10.9 Å². The summed E-state index contributed by atoms with van der Waals surface area (Å²) >= 11 is 0. The second kappa shape index (κ2) is 5.12. The molecule has 24 heavy (non-hydrogen) atoms. The van der Waals surface area contributed by atoms with Gasteiger partial charge in [-0.15, -0.1) is 5.10 Å². The Balaban J connectivity index is 2.05. The Hall–Kier alpha value is -3.29. The van der Waals surface area contributed by atoms with Crippen LogP contribution in [0.1, 0.15) is 5.69 Å². The first kappa shape index (κ1) is 14.3. The first-order valence-corrected chi connectivity index (χ1v) is 7.42. The molecule has 8 nitrogen and oxygen atoms in total. The molecular formula is C16H15N7O. The minimum absolute atomic E-state index is 0.136. The van der Waals surface area contributed by atoms with Gasteiger partial charge in [0.2, 0.25) is 0 Å². The summed E-state index contributed by atoms with van der Waals surface area (Å²) in [7, 11) is 3.64. The number of nitrogens with zero attached hydrogens (tertiary/aromatic N) is 7. The SMILES string of the molecule is Cc1cc2c(cnc3nc(-c4cccnc4)nn32)c(=O)n1N(C)C. The lowest BCUT2D eigenvalue weighted by atomic mass is 10.2. The molecule has 0 fully saturated rings. The summed E-state index contributed by atoms with van der Waals surface area (Å²) in [4.78, 5) is 25.5. The highest BCUT2D eigenvalue weighted by atomic mass is 16.1. The molecule has 0 aliphatic carbocycles. The van der Waals surface area contributed by atoms with E-state index >= 15 is 0 Å². The van der Waals surface area contributed by atoms with Crippen LogP contribution in [0.15, 0.2) is 41.6 Å². The van der Waals surface area contributed by atoms with Crippen molar-refractivity contribution in [1.82, 2.24) is 29.2 Å². The van der Waals surface area contributed by atoms with Crippen molar-refractivity contribution >= 4 is 16.7 Å². The van der Waals surface area contributed by atoms with Crippen molar-refractivity contribution in [2.24, 2.45) is 0 Å². The molecule has 0 aliphatic heterocycles. The Morgan fingerprint density at radius 3 is 2.75 bits per heavy atom. The van der Waals surface area contributed by atoms with Crippen LogP contribution in [0.5, 0.6) is 0 Å². The van der Waals surface area contributed by atoms with E-state index in [1.54, 1.807) is 32.8 Å². The Morgan fingerprint density at radius 1 is 1.21 bits per heavy atom. The van der Waals surface area contributed by atoms with Crippen molar-refractivity contribution in [1.29, 1.82) is 0 Å². The van der Waals surface area contributed by atoms with Crippen LogP contribution in [0.4, 0.5) is 0 Å². The van der Waals surface area contributed by atoms with Gasteiger partial charge in [-0.25, -0.2) is 9.66 Å².